The van der Waals surface area contributed by atoms with Gasteiger partial charge in [0.05, 0.1) is 34.2 Å². The van der Waals surface area contributed by atoms with E-state index in [1.165, 1.54) is 4.57 Å². The Hall–Kier alpha value is -3.73. The van der Waals surface area contributed by atoms with E-state index >= 15 is 0 Å². The lowest BCUT2D eigenvalue weighted by atomic mass is 10.00. The predicted molar refractivity (Wildman–Crippen MR) is 160 cm³/mol. The maximum Gasteiger partial charge on any atom is 0.410 e. The molecular weight excluding hydrogens is 573 g/mol. The molecule has 1 atom stereocenters. The van der Waals surface area contributed by atoms with Crippen molar-refractivity contribution in [1.29, 1.82) is 0 Å². The summed E-state index contributed by atoms with van der Waals surface area (Å²) in [5, 5.41) is -0.277. The molecule has 0 bridgehead atoms. The molecule has 2 aliphatic rings. The lowest BCUT2D eigenvalue weighted by Crippen LogP contribution is -2.45. The molecule has 0 unspecified atom stereocenters. The predicted octanol–water partition coefficient (Wildman–Crippen LogP) is 5.40. The molecule has 11 heteroatoms. The third-order valence-corrected chi connectivity index (χ3v) is 10.1. The third-order valence-electron chi connectivity index (χ3n) is 7.79. The molecule has 1 aliphatic carbocycles. The van der Waals surface area contributed by atoms with Gasteiger partial charge >= 0.3 is 12.1 Å². The summed E-state index contributed by atoms with van der Waals surface area (Å²) in [4.78, 5) is 33.6. The summed E-state index contributed by atoms with van der Waals surface area (Å²) < 4.78 is 52.6. The fourth-order valence-corrected chi connectivity index (χ4v) is 6.99. The van der Waals surface area contributed by atoms with E-state index in [9.17, 15) is 22.4 Å². The Kier molecular flexibility index (Phi) is 8.15. The van der Waals surface area contributed by atoms with Crippen LogP contribution in [0, 0.1) is 19.7 Å². The van der Waals surface area contributed by atoms with Crippen molar-refractivity contribution in [2.24, 2.45) is 0 Å². The van der Waals surface area contributed by atoms with E-state index in [4.69, 9.17) is 14.5 Å². The Morgan fingerprint density at radius 3 is 2.30 bits per heavy atom. The fraction of sp³-hybridized carbons (Fsp3) is 0.469. The van der Waals surface area contributed by atoms with E-state index in [0.717, 1.165) is 5.56 Å². The average molecular weight is 612 g/mol. The molecule has 230 valence electrons. The van der Waals surface area contributed by atoms with Gasteiger partial charge in [-0.25, -0.2) is 22.2 Å². The number of rotatable bonds is 7. The molecule has 0 N–H and O–H groups in total. The molecule has 1 aliphatic heterocycles. The number of amides is 1. The van der Waals surface area contributed by atoms with Crippen LogP contribution < -0.4 is 10.3 Å². The maximum atomic E-state index is 14.5. The molecule has 1 fully saturated rings. The minimum absolute atomic E-state index is 0.0278. The number of aryl methyl sites for hydroxylation is 2. The molecule has 5 rings (SSSR count). The number of carbonyl (C=O) groups excluding carboxylic acids is 1. The van der Waals surface area contributed by atoms with Crippen LogP contribution in [0.2, 0.25) is 0 Å². The monoisotopic (exact) mass is 611 g/mol. The van der Waals surface area contributed by atoms with Crippen LogP contribution in [0.25, 0.3) is 5.69 Å². The zero-order valence-corrected chi connectivity index (χ0v) is 26.3. The maximum absolute atomic E-state index is 14.5. The minimum Gasteiger partial charge on any atom is -0.464 e. The number of sulfone groups is 1. The number of halogens is 1. The normalized spacial score (nSPS) is 17.0. The number of nitrogens with zero attached hydrogens (tertiary/aromatic N) is 3. The number of hydrogen-bond donors (Lipinski definition) is 0. The van der Waals surface area contributed by atoms with Crippen LogP contribution in [0.4, 0.5) is 9.18 Å². The molecule has 0 saturated heterocycles. The van der Waals surface area contributed by atoms with Crippen molar-refractivity contribution in [3.8, 4) is 11.7 Å². The van der Waals surface area contributed by atoms with Crippen LogP contribution in [0.1, 0.15) is 74.5 Å². The number of aromatic nitrogens is 2. The van der Waals surface area contributed by atoms with Gasteiger partial charge in [-0.1, -0.05) is 12.1 Å². The van der Waals surface area contributed by atoms with Crippen molar-refractivity contribution >= 4 is 15.9 Å². The summed E-state index contributed by atoms with van der Waals surface area (Å²) in [6.07, 6.45) is 1.62. The second-order valence-electron chi connectivity index (χ2n) is 12.4. The second-order valence-corrected chi connectivity index (χ2v) is 14.6. The Bertz CT molecular complexity index is 1700. The average Bonchev–Trinajstić information content (AvgIpc) is 3.78. The summed E-state index contributed by atoms with van der Waals surface area (Å²) in [6, 6.07) is 9.42. The van der Waals surface area contributed by atoms with Gasteiger partial charge in [0.1, 0.15) is 11.4 Å². The van der Waals surface area contributed by atoms with Gasteiger partial charge in [-0.2, -0.15) is 4.98 Å². The molecule has 1 amide bonds. The highest BCUT2D eigenvalue weighted by atomic mass is 32.2. The van der Waals surface area contributed by atoms with Gasteiger partial charge in [0.15, 0.2) is 9.84 Å². The highest BCUT2D eigenvalue weighted by Gasteiger charge is 2.37. The zero-order chi connectivity index (χ0) is 31.3. The number of ether oxygens (including phenoxy) is 2. The molecule has 1 saturated carbocycles. The summed E-state index contributed by atoms with van der Waals surface area (Å²) in [7, 11) is -3.28. The van der Waals surface area contributed by atoms with Crippen LogP contribution in [-0.4, -0.2) is 53.0 Å². The highest BCUT2D eigenvalue weighted by molar-refractivity contribution is 7.92. The summed E-state index contributed by atoms with van der Waals surface area (Å²) >= 11 is 0. The zero-order valence-electron chi connectivity index (χ0n) is 25.4. The van der Waals surface area contributed by atoms with E-state index < -0.39 is 27.6 Å². The van der Waals surface area contributed by atoms with Gasteiger partial charge in [0.25, 0.3) is 5.56 Å². The van der Waals surface area contributed by atoms with Gasteiger partial charge in [0.2, 0.25) is 0 Å². The topological polar surface area (TPSA) is 108 Å². The summed E-state index contributed by atoms with van der Waals surface area (Å²) in [6.45, 7) is 10.9. The van der Waals surface area contributed by atoms with Gasteiger partial charge in [-0.15, -0.1) is 0 Å². The van der Waals surface area contributed by atoms with Gasteiger partial charge in [-0.05, 0) is 102 Å². The van der Waals surface area contributed by atoms with Crippen LogP contribution >= 0.6 is 0 Å². The van der Waals surface area contributed by atoms with Gasteiger partial charge in [-0.3, -0.25) is 9.69 Å². The summed E-state index contributed by atoms with van der Waals surface area (Å²) in [5.74, 6) is -0.348. The molecule has 1 aromatic heterocycles. The lowest BCUT2D eigenvalue weighted by molar-refractivity contribution is 0.0152. The van der Waals surface area contributed by atoms with E-state index in [0.29, 0.717) is 52.2 Å². The standard InChI is InChI=1S/C32H38FN3O6S/c1-19-17-23(18-20(2)27(19)33)36-29(37)26-13-15-35(31(38)42-32(4,5)6)21(3)28(26)34-30(36)41-16-14-22-7-9-24(10-8-22)43(39,40)25-11-12-25/h7-10,17-18,21,25H,11-16H2,1-6H3/t21-/m0/s1. The third kappa shape index (κ3) is 6.32. The molecule has 2 heterocycles. The van der Waals surface area contributed by atoms with E-state index in [2.05, 4.69) is 0 Å². The lowest BCUT2D eigenvalue weighted by Gasteiger charge is -2.35. The van der Waals surface area contributed by atoms with Crippen molar-refractivity contribution in [2.45, 2.75) is 89.0 Å². The molecular formula is C32H38FN3O6S. The first-order valence-corrected chi connectivity index (χ1v) is 16.1. The molecule has 43 heavy (non-hydrogen) atoms. The molecule has 0 spiro atoms. The van der Waals surface area contributed by atoms with Crippen LogP contribution in [0.5, 0.6) is 6.01 Å². The number of fused-ring (bicyclic) bond motifs is 1. The van der Waals surface area contributed by atoms with Crippen molar-refractivity contribution in [2.75, 3.05) is 13.2 Å². The van der Waals surface area contributed by atoms with Crippen LogP contribution in [0.3, 0.4) is 0 Å². The molecule has 2 aromatic carbocycles. The number of benzene rings is 2. The summed E-state index contributed by atoms with van der Waals surface area (Å²) in [5.41, 5.74) is 1.94. The van der Waals surface area contributed by atoms with Crippen LogP contribution in [-0.2, 0) is 27.4 Å². The minimum atomic E-state index is -3.28. The fourth-order valence-electron chi connectivity index (χ4n) is 5.33. The Morgan fingerprint density at radius 1 is 1.09 bits per heavy atom. The van der Waals surface area contributed by atoms with Crippen molar-refractivity contribution in [3.63, 3.8) is 0 Å². The smallest absolute Gasteiger partial charge is 0.410 e. The Labute approximate surface area is 251 Å². The quantitative estimate of drug-likeness (QED) is 0.352. The number of carbonyl (C=O) groups is 1. The van der Waals surface area contributed by atoms with Crippen LogP contribution in [0.15, 0.2) is 46.1 Å². The van der Waals surface area contributed by atoms with Crippen molar-refractivity contribution in [3.05, 3.63) is 80.5 Å². The van der Waals surface area contributed by atoms with E-state index in [-0.39, 0.29) is 42.2 Å². The van der Waals surface area contributed by atoms with E-state index in [1.54, 1.807) is 82.8 Å². The van der Waals surface area contributed by atoms with Crippen molar-refractivity contribution < 1.29 is 27.1 Å². The Balaban J connectivity index is 1.46. The molecule has 0 radical (unpaired) electrons. The number of hydrogen-bond acceptors (Lipinski definition) is 7. The second kappa shape index (κ2) is 11.4. The van der Waals surface area contributed by atoms with Gasteiger partial charge in [0, 0.05) is 18.5 Å². The van der Waals surface area contributed by atoms with Crippen molar-refractivity contribution in [1.82, 2.24) is 14.5 Å². The first kappa shape index (κ1) is 30.7. The molecule has 9 nitrogen and oxygen atoms in total. The van der Waals surface area contributed by atoms with Gasteiger partial charge < -0.3 is 9.47 Å². The Morgan fingerprint density at radius 2 is 1.72 bits per heavy atom. The first-order valence-electron chi connectivity index (χ1n) is 14.6. The van der Waals surface area contributed by atoms with E-state index in [1.807, 2.05) is 0 Å². The largest absolute Gasteiger partial charge is 0.464 e. The molecule has 3 aromatic rings. The SMILES string of the molecule is Cc1cc(-n2c(OCCc3ccc(S(=O)(=O)C4CC4)cc3)nc3c(c2=O)CCN(C(=O)OC(C)(C)C)[C@H]3C)cc(C)c1F. The highest BCUT2D eigenvalue weighted by Crippen LogP contribution is 2.34. The first-order chi connectivity index (χ1) is 20.2.